The van der Waals surface area contributed by atoms with Crippen LogP contribution in [0, 0.1) is 5.82 Å². The summed E-state index contributed by atoms with van der Waals surface area (Å²) in [6.07, 6.45) is 3.43. The van der Waals surface area contributed by atoms with Gasteiger partial charge in [-0.05, 0) is 24.1 Å². The quantitative estimate of drug-likeness (QED) is 0.684. The van der Waals surface area contributed by atoms with Gasteiger partial charge in [0.05, 0.1) is 12.2 Å². The molecule has 0 bridgehead atoms. The molecule has 0 spiro atoms. The van der Waals surface area contributed by atoms with E-state index in [2.05, 4.69) is 10.7 Å². The van der Waals surface area contributed by atoms with E-state index < -0.39 is 23.8 Å². The summed E-state index contributed by atoms with van der Waals surface area (Å²) in [5, 5.41) is 4.38. The Hall–Kier alpha value is -2.94. The average Bonchev–Trinajstić information content (AvgIpc) is 3.06. The third-order valence-corrected chi connectivity index (χ3v) is 4.65. The molecular formula is C19H24FN5O3. The van der Waals surface area contributed by atoms with Crippen LogP contribution in [0.3, 0.4) is 0 Å². The van der Waals surface area contributed by atoms with E-state index in [0.29, 0.717) is 17.8 Å². The first kappa shape index (κ1) is 19.8. The number of nitrogens with zero attached hydrogens (tertiary/aromatic N) is 3. The Morgan fingerprint density at radius 3 is 2.61 bits per heavy atom. The zero-order chi connectivity index (χ0) is 20.3. The number of fused-ring (bicyclic) bond motifs is 1. The summed E-state index contributed by atoms with van der Waals surface area (Å²) in [5.74, 6) is -1.09. The second-order valence-electron chi connectivity index (χ2n) is 6.85. The monoisotopic (exact) mass is 389 g/mol. The van der Waals surface area contributed by atoms with Crippen molar-refractivity contribution in [3.63, 3.8) is 0 Å². The molecule has 8 nitrogen and oxygen atoms in total. The number of unbranched alkanes of at least 4 members (excludes halogenated alkanes) is 1. The zero-order valence-electron chi connectivity index (χ0n) is 15.9. The number of hydrogen-bond donors (Lipinski definition) is 2. The van der Waals surface area contributed by atoms with E-state index in [0.717, 1.165) is 17.7 Å². The third kappa shape index (κ3) is 4.14. The van der Waals surface area contributed by atoms with Gasteiger partial charge < -0.3 is 10.3 Å². The number of halogens is 1. The number of amides is 4. The maximum Gasteiger partial charge on any atom is 0.331 e. The molecule has 28 heavy (non-hydrogen) atoms. The van der Waals surface area contributed by atoms with Gasteiger partial charge in [-0.2, -0.15) is 0 Å². The summed E-state index contributed by atoms with van der Waals surface area (Å²) in [7, 11) is 1.72. The number of urea groups is 1. The van der Waals surface area contributed by atoms with Crippen molar-refractivity contribution in [2.24, 2.45) is 0 Å². The average molecular weight is 389 g/mol. The minimum absolute atomic E-state index is 0.00107. The fraction of sp³-hybridized carbons (Fsp3) is 0.421. The summed E-state index contributed by atoms with van der Waals surface area (Å²) in [6, 6.07) is 4.29. The van der Waals surface area contributed by atoms with Crippen LogP contribution in [0.5, 0.6) is 0 Å². The molecule has 1 atom stereocenters. The minimum atomic E-state index is -0.744. The van der Waals surface area contributed by atoms with Gasteiger partial charge in [-0.1, -0.05) is 25.5 Å². The Morgan fingerprint density at radius 1 is 1.21 bits per heavy atom. The Morgan fingerprint density at radius 2 is 1.93 bits per heavy atom. The molecule has 1 aromatic carbocycles. The minimum Gasteiger partial charge on any atom is -0.355 e. The van der Waals surface area contributed by atoms with E-state index in [4.69, 9.17) is 0 Å². The number of benzene rings is 1. The molecule has 0 aliphatic carbocycles. The van der Waals surface area contributed by atoms with Crippen LogP contribution in [0.1, 0.15) is 25.3 Å². The molecule has 2 heterocycles. The number of carbonyl (C=O) groups excluding carboxylic acids is 3. The summed E-state index contributed by atoms with van der Waals surface area (Å²) >= 11 is 0. The number of hydrogen-bond acceptors (Lipinski definition) is 5. The highest BCUT2D eigenvalue weighted by Crippen LogP contribution is 2.26. The van der Waals surface area contributed by atoms with Crippen LogP contribution in [0.15, 0.2) is 36.2 Å². The predicted molar refractivity (Wildman–Crippen MR) is 99.7 cm³/mol. The largest absolute Gasteiger partial charge is 0.355 e. The fourth-order valence-corrected chi connectivity index (χ4v) is 3.17. The standard InChI is InChI=1S/C19H24FN5O3/c1-3-4-9-21-16(26)12-24-15-11-23(2)22-17(15)18(27)25(19(24)28)10-13-5-7-14(20)8-6-13/h5-8,11,17,22H,3-4,9-10,12H2,1-2H3,(H,21,26). The highest BCUT2D eigenvalue weighted by Gasteiger charge is 2.46. The first-order valence-corrected chi connectivity index (χ1v) is 9.25. The summed E-state index contributed by atoms with van der Waals surface area (Å²) < 4.78 is 13.1. The van der Waals surface area contributed by atoms with Crippen LogP contribution >= 0.6 is 0 Å². The van der Waals surface area contributed by atoms with Gasteiger partial charge in [-0.25, -0.2) is 14.6 Å². The maximum atomic E-state index is 13.1. The summed E-state index contributed by atoms with van der Waals surface area (Å²) in [6.45, 7) is 2.39. The predicted octanol–water partition coefficient (Wildman–Crippen LogP) is 1.17. The Labute approximate surface area is 162 Å². The first-order chi connectivity index (χ1) is 13.4. The first-order valence-electron chi connectivity index (χ1n) is 9.25. The number of hydrazine groups is 1. The number of nitrogens with one attached hydrogen (secondary N) is 2. The molecule has 150 valence electrons. The second-order valence-corrected chi connectivity index (χ2v) is 6.85. The van der Waals surface area contributed by atoms with Crippen molar-refractivity contribution in [2.75, 3.05) is 20.1 Å². The highest BCUT2D eigenvalue weighted by molar-refractivity contribution is 6.04. The Balaban J connectivity index is 1.79. The number of carbonyl (C=O) groups is 3. The summed E-state index contributed by atoms with van der Waals surface area (Å²) in [5.41, 5.74) is 4.03. The van der Waals surface area contributed by atoms with Crippen LogP contribution in [-0.4, -0.2) is 58.8 Å². The Bertz CT molecular complexity index is 795. The van der Waals surface area contributed by atoms with Gasteiger partial charge in [-0.15, -0.1) is 0 Å². The second kappa shape index (κ2) is 8.39. The maximum absolute atomic E-state index is 13.1. The smallest absolute Gasteiger partial charge is 0.331 e. The molecule has 2 aliphatic rings. The molecular weight excluding hydrogens is 365 g/mol. The van der Waals surface area contributed by atoms with E-state index in [-0.39, 0.29) is 19.0 Å². The molecule has 1 unspecified atom stereocenters. The van der Waals surface area contributed by atoms with Crippen LogP contribution in [0.25, 0.3) is 0 Å². The van der Waals surface area contributed by atoms with Gasteiger partial charge in [0.2, 0.25) is 5.91 Å². The van der Waals surface area contributed by atoms with Crippen molar-refractivity contribution < 1.29 is 18.8 Å². The third-order valence-electron chi connectivity index (χ3n) is 4.65. The molecule has 2 aliphatic heterocycles. The molecule has 0 radical (unpaired) electrons. The number of rotatable bonds is 7. The topological polar surface area (TPSA) is 85.0 Å². The van der Waals surface area contributed by atoms with E-state index in [9.17, 15) is 18.8 Å². The highest BCUT2D eigenvalue weighted by atomic mass is 19.1. The van der Waals surface area contributed by atoms with Gasteiger partial charge in [-0.3, -0.25) is 19.4 Å². The fourth-order valence-electron chi connectivity index (χ4n) is 3.17. The molecule has 4 amide bonds. The van der Waals surface area contributed by atoms with Crippen LogP contribution in [0.4, 0.5) is 9.18 Å². The van der Waals surface area contributed by atoms with Gasteiger partial charge >= 0.3 is 6.03 Å². The molecule has 0 saturated carbocycles. The van der Waals surface area contributed by atoms with Crippen molar-refractivity contribution in [1.82, 2.24) is 25.6 Å². The molecule has 0 aromatic heterocycles. The van der Waals surface area contributed by atoms with Crippen LogP contribution in [0.2, 0.25) is 0 Å². The molecule has 3 rings (SSSR count). The van der Waals surface area contributed by atoms with Crippen LogP contribution < -0.4 is 10.7 Å². The Kier molecular flexibility index (Phi) is 5.93. The number of imide groups is 1. The molecule has 2 N–H and O–H groups in total. The van der Waals surface area contributed by atoms with Crippen LogP contribution in [-0.2, 0) is 16.1 Å². The van der Waals surface area contributed by atoms with Crippen molar-refractivity contribution in [3.8, 4) is 0 Å². The van der Waals surface area contributed by atoms with Gasteiger partial charge in [0.25, 0.3) is 5.91 Å². The van der Waals surface area contributed by atoms with E-state index >= 15 is 0 Å². The summed E-state index contributed by atoms with van der Waals surface area (Å²) in [4.78, 5) is 40.5. The SMILES string of the molecule is CCCCNC(=O)CN1C(=O)N(Cc2ccc(F)cc2)C(=O)C2NN(C)C=C21. The van der Waals surface area contributed by atoms with Crippen molar-refractivity contribution in [3.05, 3.63) is 47.5 Å². The molecule has 9 heteroatoms. The lowest BCUT2D eigenvalue weighted by Crippen LogP contribution is -2.61. The lowest BCUT2D eigenvalue weighted by Gasteiger charge is -2.37. The van der Waals surface area contributed by atoms with Gasteiger partial charge in [0, 0.05) is 19.8 Å². The molecule has 1 saturated heterocycles. The molecule has 1 aromatic rings. The van der Waals surface area contributed by atoms with E-state index in [1.807, 2.05) is 6.92 Å². The lowest BCUT2D eigenvalue weighted by atomic mass is 10.1. The normalized spacial score (nSPS) is 19.0. The van der Waals surface area contributed by atoms with E-state index in [1.54, 1.807) is 18.3 Å². The zero-order valence-corrected chi connectivity index (χ0v) is 15.9. The van der Waals surface area contributed by atoms with Gasteiger partial charge in [0.15, 0.2) is 0 Å². The van der Waals surface area contributed by atoms with Gasteiger partial charge in [0.1, 0.15) is 18.4 Å². The lowest BCUT2D eigenvalue weighted by molar-refractivity contribution is -0.134. The van der Waals surface area contributed by atoms with Crippen molar-refractivity contribution in [1.29, 1.82) is 0 Å². The molecule has 1 fully saturated rings. The van der Waals surface area contributed by atoms with E-state index in [1.165, 1.54) is 29.2 Å². The van der Waals surface area contributed by atoms with Crippen molar-refractivity contribution in [2.45, 2.75) is 32.4 Å². The van der Waals surface area contributed by atoms with Crippen molar-refractivity contribution >= 4 is 17.8 Å².